The van der Waals surface area contributed by atoms with Gasteiger partial charge in [0.15, 0.2) is 12.4 Å². The lowest BCUT2D eigenvalue weighted by atomic mass is 9.63. The highest BCUT2D eigenvalue weighted by molar-refractivity contribution is 6.06. The number of ether oxygens (including phenoxy) is 2. The molecule has 4 fully saturated rings. The van der Waals surface area contributed by atoms with E-state index in [0.29, 0.717) is 48.8 Å². The van der Waals surface area contributed by atoms with Crippen molar-refractivity contribution in [3.8, 4) is 5.75 Å². The van der Waals surface area contributed by atoms with Gasteiger partial charge in [0.25, 0.3) is 0 Å². The van der Waals surface area contributed by atoms with E-state index in [4.69, 9.17) is 9.47 Å². The minimum atomic E-state index is -0.384. The normalized spacial score (nSPS) is 37.3. The number of amides is 2. The van der Waals surface area contributed by atoms with E-state index in [-0.39, 0.29) is 65.8 Å². The first-order chi connectivity index (χ1) is 16.5. The first-order valence-electron chi connectivity index (χ1n) is 12.4. The average Bonchev–Trinajstić information content (AvgIpc) is 3.65. The summed E-state index contributed by atoms with van der Waals surface area (Å²) in [5.41, 5.74) is 0.435. The second-order valence-corrected chi connectivity index (χ2v) is 10.5. The van der Waals surface area contributed by atoms with Crippen LogP contribution in [0, 0.1) is 41.4 Å². The Morgan fingerprint density at radius 3 is 2.24 bits per heavy atom. The van der Waals surface area contributed by atoms with E-state index in [9.17, 15) is 19.2 Å². The predicted octanol–water partition coefficient (Wildman–Crippen LogP) is 3.03. The highest BCUT2D eigenvalue weighted by atomic mass is 16.5. The molecule has 0 unspecified atom stereocenters. The SMILES string of the molecule is COc1cccc(C(=O)COC(=O)C2CCC(N3C(=O)[C@@H]4[C@H]5C=C[C@@H]([C@@H]6C[C@@H]56)[C@@H]4C3=O)CC2)c1. The molecule has 1 saturated heterocycles. The van der Waals surface area contributed by atoms with Crippen LogP contribution in [-0.2, 0) is 19.1 Å². The van der Waals surface area contributed by atoms with Gasteiger partial charge in [0.2, 0.25) is 11.8 Å². The summed E-state index contributed by atoms with van der Waals surface area (Å²) < 4.78 is 10.5. The summed E-state index contributed by atoms with van der Waals surface area (Å²) in [4.78, 5) is 53.2. The number of likely N-dealkylation sites (tertiary alicyclic amines) is 1. The van der Waals surface area contributed by atoms with Crippen LogP contribution in [0.3, 0.4) is 0 Å². The third kappa shape index (κ3) is 3.31. The molecule has 6 atom stereocenters. The average molecular weight is 464 g/mol. The van der Waals surface area contributed by atoms with Crippen LogP contribution in [-0.4, -0.2) is 48.2 Å². The quantitative estimate of drug-likeness (QED) is 0.279. The third-order valence-electron chi connectivity index (χ3n) is 8.83. The lowest BCUT2D eigenvalue weighted by molar-refractivity contribution is -0.149. The number of benzene rings is 1. The molecule has 2 bridgehead atoms. The van der Waals surface area contributed by atoms with Crippen molar-refractivity contribution >= 4 is 23.6 Å². The Labute approximate surface area is 198 Å². The molecular formula is C27H29NO6. The van der Waals surface area contributed by atoms with Crippen molar-refractivity contribution < 1.29 is 28.7 Å². The maximum Gasteiger partial charge on any atom is 0.309 e. The molecule has 3 saturated carbocycles. The van der Waals surface area contributed by atoms with Crippen LogP contribution >= 0.6 is 0 Å². The van der Waals surface area contributed by atoms with Crippen LogP contribution in [0.25, 0.3) is 0 Å². The molecule has 1 aromatic carbocycles. The van der Waals surface area contributed by atoms with Crippen molar-refractivity contribution in [3.63, 3.8) is 0 Å². The summed E-state index contributed by atoms with van der Waals surface area (Å²) >= 11 is 0. The monoisotopic (exact) mass is 463 g/mol. The molecule has 1 aromatic rings. The van der Waals surface area contributed by atoms with Gasteiger partial charge >= 0.3 is 5.97 Å². The summed E-state index contributed by atoms with van der Waals surface area (Å²) in [7, 11) is 1.53. The number of hydrogen-bond acceptors (Lipinski definition) is 6. The summed E-state index contributed by atoms with van der Waals surface area (Å²) in [5, 5.41) is 0. The Morgan fingerprint density at radius 2 is 1.62 bits per heavy atom. The maximum absolute atomic E-state index is 13.3. The Bertz CT molecular complexity index is 1050. The minimum Gasteiger partial charge on any atom is -0.497 e. The van der Waals surface area contributed by atoms with Gasteiger partial charge in [-0.3, -0.25) is 24.1 Å². The molecule has 6 aliphatic rings. The van der Waals surface area contributed by atoms with Crippen molar-refractivity contribution in [2.75, 3.05) is 13.7 Å². The van der Waals surface area contributed by atoms with Gasteiger partial charge in [-0.15, -0.1) is 0 Å². The van der Waals surface area contributed by atoms with Crippen LogP contribution in [0.1, 0.15) is 42.5 Å². The number of rotatable bonds is 6. The van der Waals surface area contributed by atoms with Crippen LogP contribution in [0.5, 0.6) is 5.75 Å². The van der Waals surface area contributed by atoms with Gasteiger partial charge in [0, 0.05) is 11.6 Å². The minimum absolute atomic E-state index is 0.00890. The number of esters is 1. The van der Waals surface area contributed by atoms with Gasteiger partial charge in [0.05, 0.1) is 24.9 Å². The summed E-state index contributed by atoms with van der Waals surface area (Å²) in [6.45, 7) is -0.309. The Kier molecular flexibility index (Phi) is 5.12. The summed E-state index contributed by atoms with van der Waals surface area (Å²) in [6, 6.07) is 6.61. The Balaban J connectivity index is 1.04. The van der Waals surface area contributed by atoms with E-state index >= 15 is 0 Å². The summed E-state index contributed by atoms with van der Waals surface area (Å²) in [6.07, 6.45) is 7.86. The highest BCUT2D eigenvalue weighted by Crippen LogP contribution is 2.65. The molecule has 1 heterocycles. The van der Waals surface area contributed by atoms with Gasteiger partial charge in [-0.1, -0.05) is 24.3 Å². The van der Waals surface area contributed by atoms with Crippen molar-refractivity contribution in [1.29, 1.82) is 0 Å². The molecule has 7 rings (SSSR count). The van der Waals surface area contributed by atoms with Gasteiger partial charge in [-0.05, 0) is 67.9 Å². The lowest BCUT2D eigenvalue weighted by Crippen LogP contribution is -2.44. The number of carbonyl (C=O) groups is 4. The van der Waals surface area contributed by atoms with E-state index in [1.165, 1.54) is 7.11 Å². The highest BCUT2D eigenvalue weighted by Gasteiger charge is 2.67. The Morgan fingerprint density at radius 1 is 0.971 bits per heavy atom. The largest absolute Gasteiger partial charge is 0.497 e. The fraction of sp³-hybridized carbons (Fsp3) is 0.556. The van der Waals surface area contributed by atoms with Crippen LogP contribution in [0.4, 0.5) is 0 Å². The second kappa shape index (κ2) is 8.07. The number of hydrogen-bond donors (Lipinski definition) is 0. The van der Waals surface area contributed by atoms with Crippen molar-refractivity contribution in [1.82, 2.24) is 4.90 Å². The standard InChI is InChI=1S/C27H29NO6/c1-33-17-4-2-3-15(11-17)22(29)13-34-27(32)14-5-7-16(8-6-14)28-25(30)23-18-9-10-19(21-12-20(18)21)24(23)26(28)31/h2-4,9-11,14,16,18-21,23-24H,5-8,12-13H2,1H3/t14?,16?,18-,19-,20-,21-,23-,24+/m0/s1. The van der Waals surface area contributed by atoms with Gasteiger partial charge in [-0.2, -0.15) is 0 Å². The zero-order valence-electron chi connectivity index (χ0n) is 19.2. The molecule has 1 aliphatic heterocycles. The number of Topliss-reactive ketones (excluding diaryl/α,β-unsaturated/α-hetero) is 1. The van der Waals surface area contributed by atoms with Crippen LogP contribution in [0.2, 0.25) is 0 Å². The van der Waals surface area contributed by atoms with Crippen LogP contribution < -0.4 is 4.74 Å². The van der Waals surface area contributed by atoms with Crippen molar-refractivity contribution in [3.05, 3.63) is 42.0 Å². The Hall–Kier alpha value is -2.96. The molecule has 5 aliphatic carbocycles. The molecule has 0 radical (unpaired) electrons. The first-order valence-corrected chi connectivity index (χ1v) is 12.4. The lowest BCUT2D eigenvalue weighted by Gasteiger charge is -2.37. The number of methoxy groups -OCH3 is 1. The fourth-order valence-corrected chi connectivity index (χ4v) is 7.04. The van der Waals surface area contributed by atoms with Crippen molar-refractivity contribution in [2.45, 2.75) is 38.1 Å². The topological polar surface area (TPSA) is 90.0 Å². The maximum atomic E-state index is 13.3. The molecule has 178 valence electrons. The van der Waals surface area contributed by atoms with E-state index in [1.54, 1.807) is 29.2 Å². The first kappa shape index (κ1) is 21.6. The number of carbonyl (C=O) groups excluding carboxylic acids is 4. The third-order valence-corrected chi connectivity index (χ3v) is 8.83. The van der Waals surface area contributed by atoms with E-state index < -0.39 is 0 Å². The fourth-order valence-electron chi connectivity index (χ4n) is 7.04. The van der Waals surface area contributed by atoms with Gasteiger partial charge in [0.1, 0.15) is 5.75 Å². The van der Waals surface area contributed by atoms with Gasteiger partial charge in [-0.25, -0.2) is 0 Å². The number of imide groups is 1. The molecule has 7 heteroatoms. The van der Waals surface area contributed by atoms with Gasteiger partial charge < -0.3 is 9.47 Å². The number of nitrogens with zero attached hydrogens (tertiary/aromatic N) is 1. The molecule has 0 aromatic heterocycles. The predicted molar refractivity (Wildman–Crippen MR) is 121 cm³/mol. The van der Waals surface area contributed by atoms with E-state index in [2.05, 4.69) is 12.2 Å². The van der Waals surface area contributed by atoms with E-state index in [0.717, 1.165) is 6.42 Å². The van der Waals surface area contributed by atoms with Crippen LogP contribution in [0.15, 0.2) is 36.4 Å². The number of ketones is 1. The molecule has 34 heavy (non-hydrogen) atoms. The molecule has 0 spiro atoms. The second-order valence-electron chi connectivity index (χ2n) is 10.5. The molecule has 7 nitrogen and oxygen atoms in total. The zero-order valence-corrected chi connectivity index (χ0v) is 19.2. The molecule has 2 amide bonds. The number of allylic oxidation sites excluding steroid dienone is 2. The smallest absolute Gasteiger partial charge is 0.309 e. The zero-order chi connectivity index (χ0) is 23.6. The van der Waals surface area contributed by atoms with Crippen molar-refractivity contribution in [2.24, 2.45) is 41.4 Å². The molecule has 0 N–H and O–H groups in total. The molecular weight excluding hydrogens is 434 g/mol. The van der Waals surface area contributed by atoms with E-state index in [1.807, 2.05) is 0 Å². The summed E-state index contributed by atoms with van der Waals surface area (Å²) in [5.74, 6) is 0.929.